The summed E-state index contributed by atoms with van der Waals surface area (Å²) >= 11 is 0. The van der Waals surface area contributed by atoms with E-state index >= 15 is 0 Å². The molecule has 0 aliphatic heterocycles. The van der Waals surface area contributed by atoms with Crippen molar-refractivity contribution >= 4 is 17.9 Å². The zero-order valence-electron chi connectivity index (χ0n) is 40.4. The maximum Gasteiger partial charge on any atom is 0.306 e. The Morgan fingerprint density at radius 3 is 1.08 bits per heavy atom. The highest BCUT2D eigenvalue weighted by atomic mass is 16.6. The number of carbonyl (C=O) groups excluding carboxylic acids is 3. The molecule has 0 fully saturated rings. The van der Waals surface area contributed by atoms with Crippen LogP contribution in [0.5, 0.6) is 0 Å². The number of unbranched alkanes of at least 4 members (excludes halogenated alkanes) is 29. The monoisotopic (exact) mass is 855 g/mol. The second-order valence-corrected chi connectivity index (χ2v) is 17.4. The molecule has 6 nitrogen and oxygen atoms in total. The van der Waals surface area contributed by atoms with Gasteiger partial charge < -0.3 is 14.2 Å². The molecule has 0 saturated heterocycles. The van der Waals surface area contributed by atoms with Crippen LogP contribution in [0.3, 0.4) is 0 Å². The standard InChI is InChI=1S/C55H98O6/c1-4-7-10-13-16-19-22-25-26-27-28-29-31-33-36-39-42-45-48-54(57)60-51-52(50-59-53(56)47-44-41-38-35-32-24-21-18-15-12-9-6-3)61-55(58)49-46-43-40-37-34-30-23-20-17-14-11-8-5-2/h9,12,18,21,26-29,52H,4-8,10-11,13-17,19-20,22-25,30-51H2,1-3H3/b12-9-,21-18-,27-26-,29-28-. The third-order valence-corrected chi connectivity index (χ3v) is 11.3. The van der Waals surface area contributed by atoms with Gasteiger partial charge in [-0.2, -0.15) is 0 Å². The molecular formula is C55H98O6. The highest BCUT2D eigenvalue weighted by molar-refractivity contribution is 5.71. The van der Waals surface area contributed by atoms with Gasteiger partial charge in [0.15, 0.2) is 6.10 Å². The summed E-state index contributed by atoms with van der Waals surface area (Å²) in [7, 11) is 0. The number of ether oxygens (including phenoxy) is 3. The first-order valence-corrected chi connectivity index (χ1v) is 26.2. The van der Waals surface area contributed by atoms with E-state index in [0.29, 0.717) is 19.3 Å². The number of rotatable bonds is 47. The van der Waals surface area contributed by atoms with E-state index in [1.807, 2.05) is 0 Å². The zero-order chi connectivity index (χ0) is 44.4. The average Bonchev–Trinajstić information content (AvgIpc) is 3.26. The van der Waals surface area contributed by atoms with E-state index < -0.39 is 6.10 Å². The predicted octanol–water partition coefficient (Wildman–Crippen LogP) is 17.1. The molecule has 1 unspecified atom stereocenters. The fourth-order valence-electron chi connectivity index (χ4n) is 7.41. The Morgan fingerprint density at radius 2 is 0.689 bits per heavy atom. The van der Waals surface area contributed by atoms with Gasteiger partial charge in [0.25, 0.3) is 0 Å². The summed E-state index contributed by atoms with van der Waals surface area (Å²) in [6, 6.07) is 0. The molecule has 0 aromatic carbocycles. The van der Waals surface area contributed by atoms with Gasteiger partial charge >= 0.3 is 17.9 Å². The van der Waals surface area contributed by atoms with E-state index in [0.717, 1.165) is 103 Å². The van der Waals surface area contributed by atoms with Crippen molar-refractivity contribution in [2.24, 2.45) is 0 Å². The van der Waals surface area contributed by atoms with Crippen molar-refractivity contribution in [1.29, 1.82) is 0 Å². The van der Waals surface area contributed by atoms with Crippen LogP contribution in [0.2, 0.25) is 0 Å². The summed E-state index contributed by atoms with van der Waals surface area (Å²) < 4.78 is 16.8. The molecular weight excluding hydrogens is 757 g/mol. The van der Waals surface area contributed by atoms with Crippen molar-refractivity contribution in [1.82, 2.24) is 0 Å². The van der Waals surface area contributed by atoms with Crippen molar-refractivity contribution in [3.63, 3.8) is 0 Å². The number of esters is 3. The van der Waals surface area contributed by atoms with Crippen molar-refractivity contribution in [2.75, 3.05) is 13.2 Å². The normalized spacial score (nSPS) is 12.4. The molecule has 0 spiro atoms. The van der Waals surface area contributed by atoms with Gasteiger partial charge in [-0.15, -0.1) is 0 Å². The number of carbonyl (C=O) groups is 3. The number of hydrogen-bond donors (Lipinski definition) is 0. The van der Waals surface area contributed by atoms with E-state index in [9.17, 15) is 14.4 Å². The molecule has 1 atom stereocenters. The number of allylic oxidation sites excluding steroid dienone is 8. The molecule has 6 heteroatoms. The van der Waals surface area contributed by atoms with Crippen molar-refractivity contribution in [2.45, 2.75) is 271 Å². The van der Waals surface area contributed by atoms with E-state index in [1.54, 1.807) is 0 Å². The third kappa shape index (κ3) is 48.3. The summed E-state index contributed by atoms with van der Waals surface area (Å²) in [5, 5.41) is 0. The van der Waals surface area contributed by atoms with Crippen molar-refractivity contribution in [3.8, 4) is 0 Å². The van der Waals surface area contributed by atoms with Gasteiger partial charge in [-0.05, 0) is 70.6 Å². The van der Waals surface area contributed by atoms with E-state index in [2.05, 4.69) is 69.4 Å². The summed E-state index contributed by atoms with van der Waals surface area (Å²) in [5.41, 5.74) is 0. The van der Waals surface area contributed by atoms with Gasteiger partial charge in [-0.25, -0.2) is 0 Å². The minimum atomic E-state index is -0.781. The Balaban J connectivity index is 4.37. The molecule has 0 heterocycles. The topological polar surface area (TPSA) is 78.9 Å². The van der Waals surface area contributed by atoms with Crippen LogP contribution in [0.1, 0.15) is 265 Å². The maximum atomic E-state index is 12.8. The van der Waals surface area contributed by atoms with Gasteiger partial charge in [-0.1, -0.05) is 223 Å². The Morgan fingerprint density at radius 1 is 0.361 bits per heavy atom. The quantitative estimate of drug-likeness (QED) is 0.0199. The molecule has 0 aromatic rings. The summed E-state index contributed by atoms with van der Waals surface area (Å²) in [5.74, 6) is -0.904. The smallest absolute Gasteiger partial charge is 0.306 e. The van der Waals surface area contributed by atoms with Crippen LogP contribution >= 0.6 is 0 Å². The van der Waals surface area contributed by atoms with E-state index in [-0.39, 0.29) is 31.1 Å². The molecule has 0 radical (unpaired) electrons. The van der Waals surface area contributed by atoms with Crippen LogP contribution in [-0.2, 0) is 28.6 Å². The molecule has 0 aliphatic carbocycles. The van der Waals surface area contributed by atoms with Crippen LogP contribution in [-0.4, -0.2) is 37.2 Å². The van der Waals surface area contributed by atoms with E-state index in [4.69, 9.17) is 14.2 Å². The second-order valence-electron chi connectivity index (χ2n) is 17.4. The Hall–Kier alpha value is -2.63. The highest BCUT2D eigenvalue weighted by Crippen LogP contribution is 2.15. The van der Waals surface area contributed by atoms with Crippen molar-refractivity contribution in [3.05, 3.63) is 48.6 Å². The van der Waals surface area contributed by atoms with Crippen LogP contribution < -0.4 is 0 Å². The molecule has 0 amide bonds. The molecule has 0 aromatic heterocycles. The van der Waals surface area contributed by atoms with E-state index in [1.165, 1.54) is 122 Å². The van der Waals surface area contributed by atoms with Gasteiger partial charge in [0.2, 0.25) is 0 Å². The van der Waals surface area contributed by atoms with Crippen LogP contribution in [0.4, 0.5) is 0 Å². The zero-order valence-corrected chi connectivity index (χ0v) is 40.4. The maximum absolute atomic E-state index is 12.8. The summed E-state index contributed by atoms with van der Waals surface area (Å²) in [6.07, 6.45) is 59.5. The molecule has 0 saturated carbocycles. The first-order chi connectivity index (χ1) is 30.0. The number of hydrogen-bond acceptors (Lipinski definition) is 6. The lowest BCUT2D eigenvalue weighted by Crippen LogP contribution is -2.30. The van der Waals surface area contributed by atoms with Crippen LogP contribution in [0.15, 0.2) is 48.6 Å². The largest absolute Gasteiger partial charge is 0.462 e. The Labute approximate surface area is 378 Å². The minimum absolute atomic E-state index is 0.0837. The Bertz CT molecular complexity index is 1070. The van der Waals surface area contributed by atoms with Gasteiger partial charge in [0.05, 0.1) is 0 Å². The minimum Gasteiger partial charge on any atom is -0.462 e. The fraction of sp³-hybridized carbons (Fsp3) is 0.800. The third-order valence-electron chi connectivity index (χ3n) is 11.3. The SMILES string of the molecule is CC/C=C\C/C=C\CCCCCCCC(=O)OCC(COC(=O)CCCCCCC/C=C\C=C/CCCCCCCCC)OC(=O)CCCCCCCCCCCCCCC. The lowest BCUT2D eigenvalue weighted by molar-refractivity contribution is -0.167. The molecule has 61 heavy (non-hydrogen) atoms. The molecule has 0 N–H and O–H groups in total. The summed E-state index contributed by atoms with van der Waals surface area (Å²) in [4.78, 5) is 37.9. The van der Waals surface area contributed by atoms with Crippen LogP contribution in [0.25, 0.3) is 0 Å². The van der Waals surface area contributed by atoms with Gasteiger partial charge in [-0.3, -0.25) is 14.4 Å². The van der Waals surface area contributed by atoms with Crippen molar-refractivity contribution < 1.29 is 28.6 Å². The fourth-order valence-corrected chi connectivity index (χ4v) is 7.41. The summed E-state index contributed by atoms with van der Waals surface area (Å²) in [6.45, 7) is 6.51. The predicted molar refractivity (Wildman–Crippen MR) is 261 cm³/mol. The van der Waals surface area contributed by atoms with Gasteiger partial charge in [0.1, 0.15) is 13.2 Å². The molecule has 0 rings (SSSR count). The van der Waals surface area contributed by atoms with Gasteiger partial charge in [0, 0.05) is 19.3 Å². The lowest BCUT2D eigenvalue weighted by atomic mass is 10.0. The molecule has 0 aliphatic rings. The first kappa shape index (κ1) is 58.4. The Kier molecular flexibility index (Phi) is 47.9. The molecule has 0 bridgehead atoms. The average molecular weight is 855 g/mol. The highest BCUT2D eigenvalue weighted by Gasteiger charge is 2.19. The lowest BCUT2D eigenvalue weighted by Gasteiger charge is -2.18. The first-order valence-electron chi connectivity index (χ1n) is 26.2. The van der Waals surface area contributed by atoms with Crippen LogP contribution in [0, 0.1) is 0 Å². The molecule has 354 valence electrons. The second kappa shape index (κ2) is 50.0.